The first-order chi connectivity index (χ1) is 18.6. The number of sulfonamides is 1. The van der Waals surface area contributed by atoms with E-state index in [1.165, 1.54) is 24.1 Å². The minimum Gasteiger partial charge on any atom is -0.454 e. The number of carbonyl (C=O) groups is 2. The smallest absolute Gasteiger partial charge is 0.244 e. The Kier molecular flexibility index (Phi) is 8.89. The maximum absolute atomic E-state index is 14.0. The lowest BCUT2D eigenvalue weighted by atomic mass is 10.0. The molecule has 0 bridgehead atoms. The monoisotopic (exact) mass is 591 g/mol. The van der Waals surface area contributed by atoms with Crippen molar-refractivity contribution < 1.29 is 27.5 Å². The van der Waals surface area contributed by atoms with Gasteiger partial charge in [-0.25, -0.2) is 8.42 Å². The minimum atomic E-state index is -3.92. The first kappa shape index (κ1) is 28.5. The highest BCUT2D eigenvalue weighted by molar-refractivity contribution is 7.92. The molecule has 0 fully saturated rings. The van der Waals surface area contributed by atoms with Crippen LogP contribution >= 0.6 is 23.2 Å². The maximum Gasteiger partial charge on any atom is 0.244 e. The van der Waals surface area contributed by atoms with Gasteiger partial charge in [0.25, 0.3) is 0 Å². The van der Waals surface area contributed by atoms with E-state index < -0.39 is 34.4 Å². The number of nitrogens with zero attached hydrogens (tertiary/aromatic N) is 2. The van der Waals surface area contributed by atoms with Crippen LogP contribution < -0.4 is 19.1 Å². The molecule has 1 atom stereocenters. The summed E-state index contributed by atoms with van der Waals surface area (Å²) in [5, 5.41) is 3.35. The van der Waals surface area contributed by atoms with Gasteiger partial charge in [0.15, 0.2) is 11.5 Å². The van der Waals surface area contributed by atoms with Crippen LogP contribution in [-0.4, -0.2) is 57.8 Å². The third-order valence-electron chi connectivity index (χ3n) is 6.20. The molecule has 0 saturated carbocycles. The number of fused-ring (bicyclic) bond motifs is 1. The van der Waals surface area contributed by atoms with Gasteiger partial charge in [-0.15, -0.1) is 0 Å². The zero-order valence-corrected chi connectivity index (χ0v) is 23.6. The number of likely N-dealkylation sites (N-methyl/N-ethyl adjacent to an activating group) is 1. The summed E-state index contributed by atoms with van der Waals surface area (Å²) in [6.45, 7) is -0.607. The highest BCUT2D eigenvalue weighted by Crippen LogP contribution is 2.36. The molecule has 0 saturated heterocycles. The van der Waals surface area contributed by atoms with Gasteiger partial charge in [-0.2, -0.15) is 0 Å². The second-order valence-corrected chi connectivity index (χ2v) is 11.6. The van der Waals surface area contributed by atoms with E-state index in [0.717, 1.165) is 16.1 Å². The number of amides is 2. The van der Waals surface area contributed by atoms with Crippen molar-refractivity contribution in [2.45, 2.75) is 19.0 Å². The van der Waals surface area contributed by atoms with Crippen molar-refractivity contribution >= 4 is 50.7 Å². The Morgan fingerprint density at radius 3 is 2.38 bits per heavy atom. The largest absolute Gasteiger partial charge is 0.454 e. The molecule has 0 radical (unpaired) electrons. The van der Waals surface area contributed by atoms with Crippen LogP contribution in [0.4, 0.5) is 5.69 Å². The van der Waals surface area contributed by atoms with Crippen molar-refractivity contribution in [1.29, 1.82) is 0 Å². The standard InChI is InChI=1S/C27H27Cl2N3O6S/c1-30-27(34)23(12-18-6-4-3-5-7-18)31(15-19-8-9-20(28)13-22(19)29)26(33)16-32(39(2,35)36)21-10-11-24-25(14-21)38-17-37-24/h3-11,13-14,23H,12,15-17H2,1-2H3,(H,30,34)/t23-/m1/s1. The highest BCUT2D eigenvalue weighted by atomic mass is 35.5. The third kappa shape index (κ3) is 6.95. The van der Waals surface area contributed by atoms with Crippen LogP contribution in [0.1, 0.15) is 11.1 Å². The lowest BCUT2D eigenvalue weighted by Crippen LogP contribution is -2.52. The van der Waals surface area contributed by atoms with Crippen molar-refractivity contribution in [2.75, 3.05) is 30.9 Å². The van der Waals surface area contributed by atoms with E-state index in [4.69, 9.17) is 32.7 Å². The van der Waals surface area contributed by atoms with E-state index in [2.05, 4.69) is 5.32 Å². The topological polar surface area (TPSA) is 105 Å². The number of carbonyl (C=O) groups excluding carboxylic acids is 2. The molecule has 12 heteroatoms. The van der Waals surface area contributed by atoms with E-state index in [9.17, 15) is 18.0 Å². The molecule has 1 aliphatic heterocycles. The summed E-state index contributed by atoms with van der Waals surface area (Å²) in [6.07, 6.45) is 1.20. The van der Waals surface area contributed by atoms with Crippen molar-refractivity contribution in [3.8, 4) is 11.5 Å². The summed E-state index contributed by atoms with van der Waals surface area (Å²) in [7, 11) is -2.44. The summed E-state index contributed by atoms with van der Waals surface area (Å²) in [5.41, 5.74) is 1.59. The Bertz CT molecular complexity index is 1470. The molecule has 0 spiro atoms. The Labute approximate surface area is 237 Å². The molecule has 1 heterocycles. The molecule has 3 aromatic carbocycles. The number of anilines is 1. The average Bonchev–Trinajstić information content (AvgIpc) is 3.37. The van der Waals surface area contributed by atoms with Gasteiger partial charge in [0.2, 0.25) is 28.6 Å². The summed E-state index contributed by atoms with van der Waals surface area (Å²) in [6, 6.07) is 17.7. The molecular weight excluding hydrogens is 565 g/mol. The minimum absolute atomic E-state index is 0.0134. The highest BCUT2D eigenvalue weighted by Gasteiger charge is 2.33. The van der Waals surface area contributed by atoms with E-state index in [1.807, 2.05) is 30.3 Å². The van der Waals surface area contributed by atoms with Gasteiger partial charge in [0.1, 0.15) is 12.6 Å². The maximum atomic E-state index is 14.0. The number of rotatable bonds is 10. The SMILES string of the molecule is CNC(=O)[C@@H](Cc1ccccc1)N(Cc1ccc(Cl)cc1Cl)C(=O)CN(c1ccc2c(c1)OCO2)S(C)(=O)=O. The fourth-order valence-corrected chi connectivity index (χ4v) is 5.52. The fourth-order valence-electron chi connectivity index (χ4n) is 4.21. The number of hydrogen-bond donors (Lipinski definition) is 1. The second-order valence-electron chi connectivity index (χ2n) is 8.88. The van der Waals surface area contributed by atoms with Crippen LogP contribution in [0.15, 0.2) is 66.7 Å². The number of nitrogens with one attached hydrogen (secondary N) is 1. The van der Waals surface area contributed by atoms with Crippen LogP contribution in [0, 0.1) is 0 Å². The van der Waals surface area contributed by atoms with Crippen molar-refractivity contribution in [1.82, 2.24) is 10.2 Å². The molecule has 0 unspecified atom stereocenters. The van der Waals surface area contributed by atoms with E-state index in [-0.39, 0.29) is 25.4 Å². The van der Waals surface area contributed by atoms with Gasteiger partial charge in [-0.05, 0) is 35.4 Å². The van der Waals surface area contributed by atoms with Gasteiger partial charge in [-0.1, -0.05) is 59.6 Å². The van der Waals surface area contributed by atoms with E-state index >= 15 is 0 Å². The van der Waals surface area contributed by atoms with Gasteiger partial charge in [-0.3, -0.25) is 13.9 Å². The van der Waals surface area contributed by atoms with Crippen LogP contribution in [0.2, 0.25) is 10.0 Å². The predicted octanol–water partition coefficient (Wildman–Crippen LogP) is 3.87. The predicted molar refractivity (Wildman–Crippen MR) is 150 cm³/mol. The van der Waals surface area contributed by atoms with E-state index in [1.54, 1.807) is 24.3 Å². The summed E-state index contributed by atoms with van der Waals surface area (Å²) in [5.74, 6) is -0.175. The summed E-state index contributed by atoms with van der Waals surface area (Å²) in [4.78, 5) is 28.4. The summed E-state index contributed by atoms with van der Waals surface area (Å²) < 4.78 is 37.4. The van der Waals surface area contributed by atoms with Gasteiger partial charge in [0.05, 0.1) is 11.9 Å². The number of ether oxygens (including phenoxy) is 2. The molecule has 4 rings (SSSR count). The molecule has 1 N–H and O–H groups in total. The van der Waals surface area contributed by atoms with Crippen LogP contribution in [0.5, 0.6) is 11.5 Å². The Hall–Kier alpha value is -3.47. The Balaban J connectivity index is 1.73. The van der Waals surface area contributed by atoms with Crippen LogP contribution in [0.25, 0.3) is 0 Å². The number of hydrogen-bond acceptors (Lipinski definition) is 6. The van der Waals surface area contributed by atoms with Gasteiger partial charge in [0, 0.05) is 36.1 Å². The zero-order valence-electron chi connectivity index (χ0n) is 21.3. The molecule has 3 aromatic rings. The lowest BCUT2D eigenvalue weighted by Gasteiger charge is -2.33. The first-order valence-corrected chi connectivity index (χ1v) is 14.5. The van der Waals surface area contributed by atoms with Crippen molar-refractivity contribution in [3.05, 3.63) is 87.9 Å². The summed E-state index contributed by atoms with van der Waals surface area (Å²) >= 11 is 12.5. The Morgan fingerprint density at radius 2 is 1.72 bits per heavy atom. The molecule has 206 valence electrons. The van der Waals surface area contributed by atoms with Crippen molar-refractivity contribution in [3.63, 3.8) is 0 Å². The number of halogens is 2. The number of benzene rings is 3. The lowest BCUT2D eigenvalue weighted by molar-refractivity contribution is -0.139. The molecule has 0 aliphatic carbocycles. The molecule has 0 aromatic heterocycles. The first-order valence-electron chi connectivity index (χ1n) is 11.9. The normalized spacial score (nSPS) is 13.0. The quantitative estimate of drug-likeness (QED) is 0.383. The van der Waals surface area contributed by atoms with Crippen molar-refractivity contribution in [2.24, 2.45) is 0 Å². The molecule has 2 amide bonds. The molecular formula is C27H27Cl2N3O6S. The molecule has 9 nitrogen and oxygen atoms in total. The fraction of sp³-hybridized carbons (Fsp3) is 0.259. The second kappa shape index (κ2) is 12.1. The van der Waals surface area contributed by atoms with Crippen LogP contribution in [-0.2, 0) is 32.6 Å². The van der Waals surface area contributed by atoms with Crippen LogP contribution in [0.3, 0.4) is 0 Å². The Morgan fingerprint density at radius 1 is 1.00 bits per heavy atom. The van der Waals surface area contributed by atoms with Gasteiger partial charge >= 0.3 is 0 Å². The van der Waals surface area contributed by atoms with Gasteiger partial charge < -0.3 is 19.7 Å². The average molecular weight is 593 g/mol. The molecule has 39 heavy (non-hydrogen) atoms. The zero-order chi connectivity index (χ0) is 28.2. The third-order valence-corrected chi connectivity index (χ3v) is 7.92. The molecule has 1 aliphatic rings. The van der Waals surface area contributed by atoms with E-state index in [0.29, 0.717) is 27.1 Å².